The maximum Gasteiger partial charge on any atom is 0.434 e. The normalized spacial score (nSPS) is 19.4. The maximum absolute atomic E-state index is 11.7. The second-order valence-electron chi connectivity index (χ2n) is 5.97. The Labute approximate surface area is 109 Å². The summed E-state index contributed by atoms with van der Waals surface area (Å²) >= 11 is 0. The standard InChI is InChI=1S/C13H25NO4/c1-10(9-11-5-7-17-8-6-11)14(16)12(15)18-13(2,3)4/h10-11,16H,5-9H2,1-4H3/t10-/m0/s1. The molecule has 0 saturated carbocycles. The van der Waals surface area contributed by atoms with Gasteiger partial charge in [-0.05, 0) is 52.9 Å². The van der Waals surface area contributed by atoms with Crippen molar-refractivity contribution in [2.45, 2.75) is 58.6 Å². The van der Waals surface area contributed by atoms with Gasteiger partial charge in [0, 0.05) is 13.2 Å². The lowest BCUT2D eigenvalue weighted by atomic mass is 9.93. The molecule has 1 aliphatic rings. The van der Waals surface area contributed by atoms with Crippen molar-refractivity contribution in [2.75, 3.05) is 13.2 Å². The highest BCUT2D eigenvalue weighted by Crippen LogP contribution is 2.22. The largest absolute Gasteiger partial charge is 0.442 e. The van der Waals surface area contributed by atoms with E-state index in [-0.39, 0.29) is 6.04 Å². The smallest absolute Gasteiger partial charge is 0.434 e. The molecule has 1 aliphatic heterocycles. The van der Waals surface area contributed by atoms with Gasteiger partial charge in [-0.15, -0.1) is 0 Å². The number of amides is 1. The Balaban J connectivity index is 2.39. The van der Waals surface area contributed by atoms with E-state index in [1.807, 2.05) is 6.92 Å². The van der Waals surface area contributed by atoms with E-state index in [4.69, 9.17) is 9.47 Å². The molecular formula is C13H25NO4. The van der Waals surface area contributed by atoms with Crippen molar-refractivity contribution in [3.05, 3.63) is 0 Å². The first-order chi connectivity index (χ1) is 8.29. The fourth-order valence-corrected chi connectivity index (χ4v) is 2.05. The van der Waals surface area contributed by atoms with E-state index in [0.29, 0.717) is 11.0 Å². The molecule has 0 aromatic heterocycles. The fraction of sp³-hybridized carbons (Fsp3) is 0.923. The van der Waals surface area contributed by atoms with Gasteiger partial charge in [0.15, 0.2) is 0 Å². The van der Waals surface area contributed by atoms with Crippen LogP contribution in [0.25, 0.3) is 0 Å². The fourth-order valence-electron chi connectivity index (χ4n) is 2.05. The number of hydrogen-bond acceptors (Lipinski definition) is 4. The molecule has 1 amide bonds. The van der Waals surface area contributed by atoms with E-state index in [1.54, 1.807) is 20.8 Å². The van der Waals surface area contributed by atoms with Crippen LogP contribution < -0.4 is 0 Å². The van der Waals surface area contributed by atoms with Crippen molar-refractivity contribution >= 4 is 6.09 Å². The highest BCUT2D eigenvalue weighted by Gasteiger charge is 2.27. The molecule has 0 aromatic rings. The number of ether oxygens (including phenoxy) is 2. The SMILES string of the molecule is C[C@@H](CC1CCOCC1)N(O)C(=O)OC(C)(C)C. The van der Waals surface area contributed by atoms with Gasteiger partial charge in [0.05, 0.1) is 6.04 Å². The molecule has 18 heavy (non-hydrogen) atoms. The van der Waals surface area contributed by atoms with Crippen LogP contribution in [-0.2, 0) is 9.47 Å². The summed E-state index contributed by atoms with van der Waals surface area (Å²) in [6, 6.07) is -0.233. The highest BCUT2D eigenvalue weighted by atomic mass is 16.6. The van der Waals surface area contributed by atoms with Crippen LogP contribution in [0.4, 0.5) is 4.79 Å². The Morgan fingerprint density at radius 3 is 2.50 bits per heavy atom. The molecule has 0 aliphatic carbocycles. The molecule has 0 aromatic carbocycles. The lowest BCUT2D eigenvalue weighted by Gasteiger charge is -2.30. The van der Waals surface area contributed by atoms with Gasteiger partial charge in [-0.25, -0.2) is 4.79 Å². The molecule has 1 fully saturated rings. The molecule has 106 valence electrons. The first kappa shape index (κ1) is 15.2. The molecule has 0 unspecified atom stereocenters. The second-order valence-corrected chi connectivity index (χ2v) is 5.97. The second kappa shape index (κ2) is 6.38. The van der Waals surface area contributed by atoms with Gasteiger partial charge in [0.25, 0.3) is 0 Å². The van der Waals surface area contributed by atoms with Gasteiger partial charge >= 0.3 is 6.09 Å². The average molecular weight is 259 g/mol. The topological polar surface area (TPSA) is 59.0 Å². The number of carbonyl (C=O) groups excluding carboxylic acids is 1. The van der Waals surface area contributed by atoms with Gasteiger partial charge < -0.3 is 9.47 Å². The summed E-state index contributed by atoms with van der Waals surface area (Å²) in [5.41, 5.74) is -0.587. The van der Waals surface area contributed by atoms with Gasteiger partial charge in [-0.2, -0.15) is 5.06 Å². The minimum absolute atomic E-state index is 0.233. The Kier molecular flexibility index (Phi) is 5.41. The molecular weight excluding hydrogens is 234 g/mol. The maximum atomic E-state index is 11.7. The first-order valence-electron chi connectivity index (χ1n) is 6.58. The van der Waals surface area contributed by atoms with Crippen LogP contribution in [0, 0.1) is 5.92 Å². The van der Waals surface area contributed by atoms with Crippen molar-refractivity contribution in [3.8, 4) is 0 Å². The average Bonchev–Trinajstić information content (AvgIpc) is 2.27. The van der Waals surface area contributed by atoms with E-state index in [2.05, 4.69) is 0 Å². The van der Waals surface area contributed by atoms with Crippen LogP contribution in [0.15, 0.2) is 0 Å². The number of carbonyl (C=O) groups is 1. The lowest BCUT2D eigenvalue weighted by molar-refractivity contribution is -0.121. The molecule has 1 atom stereocenters. The van der Waals surface area contributed by atoms with Crippen LogP contribution in [0.5, 0.6) is 0 Å². The highest BCUT2D eigenvalue weighted by molar-refractivity contribution is 5.66. The lowest BCUT2D eigenvalue weighted by Crippen LogP contribution is -2.41. The first-order valence-corrected chi connectivity index (χ1v) is 6.58. The summed E-state index contributed by atoms with van der Waals surface area (Å²) in [6.45, 7) is 8.72. The van der Waals surface area contributed by atoms with Gasteiger partial charge in [-0.1, -0.05) is 0 Å². The van der Waals surface area contributed by atoms with E-state index in [0.717, 1.165) is 32.5 Å². The monoisotopic (exact) mass is 259 g/mol. The Morgan fingerprint density at radius 2 is 2.00 bits per heavy atom. The minimum atomic E-state index is -0.679. The molecule has 0 radical (unpaired) electrons. The van der Waals surface area contributed by atoms with Crippen molar-refractivity contribution in [1.82, 2.24) is 5.06 Å². The molecule has 0 bridgehead atoms. The zero-order chi connectivity index (χ0) is 13.8. The quantitative estimate of drug-likeness (QED) is 0.625. The van der Waals surface area contributed by atoms with Crippen LogP contribution >= 0.6 is 0 Å². The summed E-state index contributed by atoms with van der Waals surface area (Å²) < 4.78 is 10.4. The Bertz CT molecular complexity index is 269. The summed E-state index contributed by atoms with van der Waals surface area (Å²) in [6.07, 6.45) is 2.08. The van der Waals surface area contributed by atoms with Crippen LogP contribution in [-0.4, -0.2) is 41.2 Å². The summed E-state index contributed by atoms with van der Waals surface area (Å²) in [5, 5.41) is 10.5. The summed E-state index contributed by atoms with van der Waals surface area (Å²) in [7, 11) is 0. The van der Waals surface area contributed by atoms with E-state index < -0.39 is 11.7 Å². The molecule has 1 N–H and O–H groups in total. The molecule has 1 saturated heterocycles. The van der Waals surface area contributed by atoms with Crippen LogP contribution in [0.2, 0.25) is 0 Å². The molecule has 5 nitrogen and oxygen atoms in total. The third kappa shape index (κ3) is 5.23. The Hall–Kier alpha value is -0.810. The van der Waals surface area contributed by atoms with Crippen LogP contribution in [0.3, 0.4) is 0 Å². The predicted octanol–water partition coefficient (Wildman–Crippen LogP) is 2.82. The zero-order valence-corrected chi connectivity index (χ0v) is 11.8. The molecule has 1 heterocycles. The van der Waals surface area contributed by atoms with Gasteiger partial charge in [-0.3, -0.25) is 5.21 Å². The number of hydroxylamine groups is 2. The summed E-state index contributed by atoms with van der Waals surface area (Å²) in [4.78, 5) is 11.7. The summed E-state index contributed by atoms with van der Waals surface area (Å²) in [5.74, 6) is 0.505. The van der Waals surface area contributed by atoms with Crippen LogP contribution in [0.1, 0.15) is 47.0 Å². The number of hydrogen-bond donors (Lipinski definition) is 1. The molecule has 5 heteroatoms. The third-order valence-corrected chi connectivity index (χ3v) is 3.01. The Morgan fingerprint density at radius 1 is 1.44 bits per heavy atom. The number of nitrogens with zero attached hydrogens (tertiary/aromatic N) is 1. The van der Waals surface area contributed by atoms with Crippen molar-refractivity contribution in [1.29, 1.82) is 0 Å². The number of rotatable bonds is 3. The van der Waals surface area contributed by atoms with E-state index >= 15 is 0 Å². The molecule has 0 spiro atoms. The van der Waals surface area contributed by atoms with Crippen molar-refractivity contribution in [2.24, 2.45) is 5.92 Å². The third-order valence-electron chi connectivity index (χ3n) is 3.01. The molecule has 1 rings (SSSR count). The van der Waals surface area contributed by atoms with E-state index in [9.17, 15) is 10.0 Å². The van der Waals surface area contributed by atoms with Crippen molar-refractivity contribution in [3.63, 3.8) is 0 Å². The minimum Gasteiger partial charge on any atom is -0.442 e. The predicted molar refractivity (Wildman–Crippen MR) is 67.5 cm³/mol. The van der Waals surface area contributed by atoms with Crippen molar-refractivity contribution < 1.29 is 19.5 Å². The van der Waals surface area contributed by atoms with Gasteiger partial charge in [0.1, 0.15) is 5.60 Å². The van der Waals surface area contributed by atoms with Gasteiger partial charge in [0.2, 0.25) is 0 Å². The zero-order valence-electron chi connectivity index (χ0n) is 11.8. The van der Waals surface area contributed by atoms with E-state index in [1.165, 1.54) is 0 Å².